The van der Waals surface area contributed by atoms with E-state index >= 15 is 0 Å². The van der Waals surface area contributed by atoms with Crippen molar-refractivity contribution in [1.82, 2.24) is 15.6 Å². The molecule has 0 spiro atoms. The second-order valence-electron chi connectivity index (χ2n) is 5.79. The van der Waals surface area contributed by atoms with Crippen LogP contribution in [0.15, 0.2) is 34.9 Å². The topological polar surface area (TPSA) is 67.2 Å². The number of hydrogen-bond donors (Lipinski definition) is 2. The molecule has 2 rings (SSSR count). The van der Waals surface area contributed by atoms with Crippen LogP contribution in [0.1, 0.15) is 25.1 Å². The zero-order valence-corrected chi connectivity index (χ0v) is 13.3. The first kappa shape index (κ1) is 16.1. The van der Waals surface area contributed by atoms with Crippen LogP contribution < -0.4 is 10.6 Å². The molecule has 0 fully saturated rings. The average Bonchev–Trinajstić information content (AvgIpc) is 2.95. The van der Waals surface area contributed by atoms with E-state index in [-0.39, 0.29) is 6.03 Å². The van der Waals surface area contributed by atoms with Crippen LogP contribution in [0.5, 0.6) is 0 Å². The number of hydrogen-bond acceptors (Lipinski definition) is 3. The van der Waals surface area contributed by atoms with Crippen LogP contribution in [0.3, 0.4) is 0 Å². The molecule has 0 atom stereocenters. The van der Waals surface area contributed by atoms with Gasteiger partial charge in [0, 0.05) is 25.1 Å². The summed E-state index contributed by atoms with van der Waals surface area (Å²) in [6.07, 6.45) is 2.29. The number of amides is 2. The molecule has 0 radical (unpaired) electrons. The Morgan fingerprint density at radius 1 is 1.23 bits per heavy atom. The fourth-order valence-electron chi connectivity index (χ4n) is 1.91. The molecular weight excluding hydrogens is 278 g/mol. The Balaban J connectivity index is 1.80. The second kappa shape index (κ2) is 7.64. The third kappa shape index (κ3) is 4.91. The highest BCUT2D eigenvalue weighted by atomic mass is 16.3. The van der Waals surface area contributed by atoms with Crippen LogP contribution in [0.25, 0.3) is 11.5 Å². The molecule has 5 nitrogen and oxygen atoms in total. The lowest BCUT2D eigenvalue weighted by Gasteiger charge is -2.08. The first-order valence-electron chi connectivity index (χ1n) is 7.57. The number of aromatic nitrogens is 1. The van der Waals surface area contributed by atoms with E-state index in [2.05, 4.69) is 29.5 Å². The number of urea groups is 1. The van der Waals surface area contributed by atoms with Gasteiger partial charge in [0.25, 0.3) is 0 Å². The summed E-state index contributed by atoms with van der Waals surface area (Å²) >= 11 is 0. The Kier molecular flexibility index (Phi) is 5.58. The van der Waals surface area contributed by atoms with E-state index in [1.165, 1.54) is 5.56 Å². The van der Waals surface area contributed by atoms with Crippen molar-refractivity contribution in [1.29, 1.82) is 0 Å². The van der Waals surface area contributed by atoms with Gasteiger partial charge in [-0.3, -0.25) is 0 Å². The Labute approximate surface area is 131 Å². The number of carbonyl (C=O) groups excluding carboxylic acids is 1. The average molecular weight is 301 g/mol. The van der Waals surface area contributed by atoms with E-state index in [0.717, 1.165) is 11.3 Å². The minimum Gasteiger partial charge on any atom is -0.444 e. The number of oxazole rings is 1. The van der Waals surface area contributed by atoms with Crippen molar-refractivity contribution in [2.24, 2.45) is 5.92 Å². The zero-order chi connectivity index (χ0) is 15.9. The molecule has 0 unspecified atom stereocenters. The minimum atomic E-state index is -0.143. The van der Waals surface area contributed by atoms with Crippen LogP contribution in [0, 0.1) is 12.8 Å². The summed E-state index contributed by atoms with van der Waals surface area (Å²) < 4.78 is 5.49. The van der Waals surface area contributed by atoms with Gasteiger partial charge in [-0.2, -0.15) is 0 Å². The molecule has 0 aliphatic heterocycles. The summed E-state index contributed by atoms with van der Waals surface area (Å²) in [5.41, 5.74) is 2.99. The molecule has 2 amide bonds. The Morgan fingerprint density at radius 2 is 1.95 bits per heavy atom. The second-order valence-corrected chi connectivity index (χ2v) is 5.79. The third-order valence-electron chi connectivity index (χ3n) is 3.19. The van der Waals surface area contributed by atoms with E-state index in [9.17, 15) is 4.79 Å². The molecule has 0 saturated carbocycles. The number of rotatable bonds is 6. The Hall–Kier alpha value is -2.30. The van der Waals surface area contributed by atoms with Gasteiger partial charge in [-0.15, -0.1) is 0 Å². The highest BCUT2D eigenvalue weighted by Crippen LogP contribution is 2.19. The number of nitrogens with zero attached hydrogens (tertiary/aromatic N) is 1. The van der Waals surface area contributed by atoms with Crippen molar-refractivity contribution in [2.75, 3.05) is 13.1 Å². The van der Waals surface area contributed by atoms with Gasteiger partial charge in [0.1, 0.15) is 6.26 Å². The standard InChI is InChI=1S/C17H23N3O2/c1-12(2)10-19-17(21)18-9-8-15-11-22-16(20-15)14-6-4-13(3)5-7-14/h4-7,11-12H,8-10H2,1-3H3,(H2,18,19,21). The van der Waals surface area contributed by atoms with Crippen LogP contribution in [-0.2, 0) is 6.42 Å². The minimum absolute atomic E-state index is 0.143. The number of aryl methyl sites for hydroxylation is 1. The quantitative estimate of drug-likeness (QED) is 0.861. The van der Waals surface area contributed by atoms with E-state index in [1.807, 2.05) is 31.2 Å². The lowest BCUT2D eigenvalue weighted by molar-refractivity contribution is 0.239. The van der Waals surface area contributed by atoms with Gasteiger partial charge >= 0.3 is 6.03 Å². The molecule has 1 aromatic heterocycles. The zero-order valence-electron chi connectivity index (χ0n) is 13.3. The molecule has 1 heterocycles. The highest BCUT2D eigenvalue weighted by molar-refractivity contribution is 5.73. The summed E-state index contributed by atoms with van der Waals surface area (Å²) in [7, 11) is 0. The summed E-state index contributed by atoms with van der Waals surface area (Å²) in [4.78, 5) is 16.0. The SMILES string of the molecule is Cc1ccc(-c2nc(CCNC(=O)NCC(C)C)co2)cc1. The van der Waals surface area contributed by atoms with Crippen LogP contribution >= 0.6 is 0 Å². The van der Waals surface area contributed by atoms with Crippen molar-refractivity contribution in [3.05, 3.63) is 41.8 Å². The molecule has 0 aliphatic rings. The van der Waals surface area contributed by atoms with Gasteiger partial charge in [0.15, 0.2) is 0 Å². The van der Waals surface area contributed by atoms with E-state index < -0.39 is 0 Å². The molecule has 22 heavy (non-hydrogen) atoms. The van der Waals surface area contributed by atoms with E-state index in [1.54, 1.807) is 6.26 Å². The fourth-order valence-corrected chi connectivity index (χ4v) is 1.91. The molecule has 0 aliphatic carbocycles. The lowest BCUT2D eigenvalue weighted by atomic mass is 10.1. The van der Waals surface area contributed by atoms with Gasteiger partial charge in [0.05, 0.1) is 5.69 Å². The largest absolute Gasteiger partial charge is 0.444 e. The smallest absolute Gasteiger partial charge is 0.314 e. The van der Waals surface area contributed by atoms with E-state index in [0.29, 0.717) is 31.3 Å². The Morgan fingerprint density at radius 3 is 2.64 bits per heavy atom. The predicted octanol–water partition coefficient (Wildman–Crippen LogP) is 3.15. The van der Waals surface area contributed by atoms with Crippen molar-refractivity contribution in [3.63, 3.8) is 0 Å². The Bertz CT molecular complexity index is 603. The number of carbonyl (C=O) groups is 1. The molecule has 5 heteroatoms. The molecule has 0 bridgehead atoms. The first-order valence-corrected chi connectivity index (χ1v) is 7.57. The third-order valence-corrected chi connectivity index (χ3v) is 3.19. The normalized spacial score (nSPS) is 10.7. The van der Waals surface area contributed by atoms with Crippen molar-refractivity contribution < 1.29 is 9.21 Å². The maximum Gasteiger partial charge on any atom is 0.314 e. The van der Waals surface area contributed by atoms with Crippen molar-refractivity contribution in [2.45, 2.75) is 27.2 Å². The lowest BCUT2D eigenvalue weighted by Crippen LogP contribution is -2.38. The summed E-state index contributed by atoms with van der Waals surface area (Å²) in [6, 6.07) is 7.89. The van der Waals surface area contributed by atoms with Crippen molar-refractivity contribution in [3.8, 4) is 11.5 Å². The van der Waals surface area contributed by atoms with Gasteiger partial charge < -0.3 is 15.1 Å². The van der Waals surface area contributed by atoms with Gasteiger partial charge in [-0.1, -0.05) is 31.5 Å². The molecule has 1 aromatic carbocycles. The van der Waals surface area contributed by atoms with Crippen LogP contribution in [0.2, 0.25) is 0 Å². The number of benzene rings is 1. The summed E-state index contributed by atoms with van der Waals surface area (Å²) in [5.74, 6) is 1.05. The predicted molar refractivity (Wildman–Crippen MR) is 86.6 cm³/mol. The molecule has 2 aromatic rings. The maximum atomic E-state index is 11.5. The molecule has 0 saturated heterocycles. The van der Waals surface area contributed by atoms with Gasteiger partial charge in [-0.25, -0.2) is 9.78 Å². The molecule has 118 valence electrons. The highest BCUT2D eigenvalue weighted by Gasteiger charge is 2.07. The monoisotopic (exact) mass is 301 g/mol. The van der Waals surface area contributed by atoms with Crippen LogP contribution in [-0.4, -0.2) is 24.1 Å². The molecular formula is C17H23N3O2. The van der Waals surface area contributed by atoms with Crippen molar-refractivity contribution >= 4 is 6.03 Å². The van der Waals surface area contributed by atoms with Crippen LogP contribution in [0.4, 0.5) is 4.79 Å². The maximum absolute atomic E-state index is 11.5. The fraction of sp³-hybridized carbons (Fsp3) is 0.412. The number of nitrogens with one attached hydrogen (secondary N) is 2. The van der Waals surface area contributed by atoms with Gasteiger partial charge in [0.2, 0.25) is 5.89 Å². The van der Waals surface area contributed by atoms with Gasteiger partial charge in [-0.05, 0) is 25.0 Å². The summed E-state index contributed by atoms with van der Waals surface area (Å²) in [5, 5.41) is 5.62. The molecule has 2 N–H and O–H groups in total. The van der Waals surface area contributed by atoms with E-state index in [4.69, 9.17) is 4.42 Å². The first-order chi connectivity index (χ1) is 10.5. The summed E-state index contributed by atoms with van der Waals surface area (Å²) in [6.45, 7) is 7.36.